The first-order valence-electron chi connectivity index (χ1n) is 10.6. The molecule has 0 spiro atoms. The predicted molar refractivity (Wildman–Crippen MR) is 136 cm³/mol. The molecule has 1 atom stereocenters. The van der Waals surface area contributed by atoms with Crippen LogP contribution in [0.3, 0.4) is 0 Å². The van der Waals surface area contributed by atoms with Crippen LogP contribution < -0.4 is 24.4 Å². The van der Waals surface area contributed by atoms with Crippen molar-refractivity contribution in [3.8, 4) is 11.5 Å². The standard InChI is InChI=1S/C27H21ClN2O3S/c1-32-21-12-13-24(33-2)19(14-21)15-25-26(31)30-23(18-8-10-20(28)11-9-18)16-22(29-27(30)34-25)17-6-4-3-5-7-17/h3-16,23H,1-2H3. The molecule has 1 aromatic heterocycles. The van der Waals surface area contributed by atoms with Crippen LogP contribution in [0.1, 0.15) is 22.7 Å². The molecule has 0 radical (unpaired) electrons. The molecule has 0 aliphatic carbocycles. The SMILES string of the molecule is COc1ccc(OC)c(C=c2sc3n(c2=O)C(c2ccc(Cl)cc2)C=C(c2ccccc2)N=3)c1. The van der Waals surface area contributed by atoms with Crippen LogP contribution >= 0.6 is 22.9 Å². The molecule has 34 heavy (non-hydrogen) atoms. The summed E-state index contributed by atoms with van der Waals surface area (Å²) in [4.78, 5) is 19.1. The third kappa shape index (κ3) is 4.18. The Morgan fingerprint density at radius 2 is 1.76 bits per heavy atom. The highest BCUT2D eigenvalue weighted by Crippen LogP contribution is 2.28. The average Bonchev–Trinajstić information content (AvgIpc) is 3.19. The number of methoxy groups -OCH3 is 2. The van der Waals surface area contributed by atoms with Gasteiger partial charge in [-0.05, 0) is 53.6 Å². The molecule has 1 unspecified atom stereocenters. The van der Waals surface area contributed by atoms with Crippen LogP contribution in [-0.4, -0.2) is 18.8 Å². The Hall–Kier alpha value is -3.61. The molecule has 0 fully saturated rings. The summed E-state index contributed by atoms with van der Waals surface area (Å²) < 4.78 is 13.2. The van der Waals surface area contributed by atoms with Gasteiger partial charge in [0.15, 0.2) is 4.80 Å². The molecule has 0 saturated heterocycles. The zero-order valence-electron chi connectivity index (χ0n) is 18.6. The second-order valence-corrected chi connectivity index (χ2v) is 9.15. The van der Waals surface area contributed by atoms with Gasteiger partial charge in [-0.3, -0.25) is 9.36 Å². The number of halogens is 1. The van der Waals surface area contributed by atoms with Crippen molar-refractivity contribution in [1.82, 2.24) is 4.57 Å². The summed E-state index contributed by atoms with van der Waals surface area (Å²) in [5, 5.41) is 0.647. The lowest BCUT2D eigenvalue weighted by Crippen LogP contribution is -2.36. The van der Waals surface area contributed by atoms with E-state index >= 15 is 0 Å². The van der Waals surface area contributed by atoms with E-state index in [0.717, 1.165) is 22.4 Å². The molecule has 0 saturated carbocycles. The zero-order valence-corrected chi connectivity index (χ0v) is 20.1. The first-order chi connectivity index (χ1) is 16.6. The van der Waals surface area contributed by atoms with Crippen LogP contribution in [0.15, 0.2) is 88.7 Å². The van der Waals surface area contributed by atoms with E-state index in [1.807, 2.05) is 84.9 Å². The maximum atomic E-state index is 13.6. The first kappa shape index (κ1) is 22.2. The maximum absolute atomic E-state index is 13.6. The van der Waals surface area contributed by atoms with E-state index in [-0.39, 0.29) is 11.6 Å². The van der Waals surface area contributed by atoms with E-state index < -0.39 is 0 Å². The molecule has 170 valence electrons. The number of ether oxygens (including phenoxy) is 2. The second kappa shape index (κ2) is 9.33. The molecule has 7 heteroatoms. The number of benzene rings is 3. The van der Waals surface area contributed by atoms with Crippen molar-refractivity contribution in [3.63, 3.8) is 0 Å². The molecule has 2 heterocycles. The van der Waals surface area contributed by atoms with Gasteiger partial charge in [0.05, 0.1) is 30.5 Å². The quantitative estimate of drug-likeness (QED) is 0.410. The predicted octanol–water partition coefficient (Wildman–Crippen LogP) is 4.67. The van der Waals surface area contributed by atoms with Crippen LogP contribution in [0, 0.1) is 0 Å². The summed E-state index contributed by atoms with van der Waals surface area (Å²) in [6.07, 6.45) is 3.85. The number of nitrogens with zero attached hydrogens (tertiary/aromatic N) is 2. The summed E-state index contributed by atoms with van der Waals surface area (Å²) in [6, 6.07) is 22.7. The topological polar surface area (TPSA) is 52.8 Å². The highest BCUT2D eigenvalue weighted by Gasteiger charge is 2.22. The van der Waals surface area contributed by atoms with Gasteiger partial charge in [-0.15, -0.1) is 0 Å². The lowest BCUT2D eigenvalue weighted by molar-refractivity contribution is 0.402. The fourth-order valence-electron chi connectivity index (χ4n) is 3.94. The van der Waals surface area contributed by atoms with Gasteiger partial charge >= 0.3 is 0 Å². The minimum atomic E-state index is -0.307. The van der Waals surface area contributed by atoms with E-state index in [9.17, 15) is 4.79 Å². The third-order valence-electron chi connectivity index (χ3n) is 5.65. The van der Waals surface area contributed by atoms with Gasteiger partial charge in [-0.1, -0.05) is 65.4 Å². The van der Waals surface area contributed by atoms with E-state index in [1.54, 1.807) is 18.8 Å². The Morgan fingerprint density at radius 1 is 1.00 bits per heavy atom. The van der Waals surface area contributed by atoms with Crippen molar-refractivity contribution in [2.45, 2.75) is 6.04 Å². The maximum Gasteiger partial charge on any atom is 0.271 e. The molecule has 5 rings (SSSR count). The monoisotopic (exact) mass is 488 g/mol. The molecular weight excluding hydrogens is 468 g/mol. The fraction of sp³-hybridized carbons (Fsp3) is 0.111. The van der Waals surface area contributed by atoms with Gasteiger partial charge in [0.2, 0.25) is 0 Å². The number of allylic oxidation sites excluding steroid dienone is 1. The molecule has 1 aliphatic heterocycles. The van der Waals surface area contributed by atoms with Gasteiger partial charge in [0.1, 0.15) is 11.5 Å². The Kier molecular flexibility index (Phi) is 6.09. The van der Waals surface area contributed by atoms with Crippen LogP contribution in [-0.2, 0) is 0 Å². The van der Waals surface area contributed by atoms with Crippen LogP contribution in [0.5, 0.6) is 11.5 Å². The van der Waals surface area contributed by atoms with E-state index in [2.05, 4.69) is 0 Å². The molecule has 0 amide bonds. The van der Waals surface area contributed by atoms with Crippen molar-refractivity contribution >= 4 is 34.7 Å². The summed E-state index contributed by atoms with van der Waals surface area (Å²) >= 11 is 7.48. The zero-order chi connectivity index (χ0) is 23.7. The number of rotatable bonds is 5. The van der Waals surface area contributed by atoms with Gasteiger partial charge < -0.3 is 9.47 Å². The van der Waals surface area contributed by atoms with Crippen LogP contribution in [0.4, 0.5) is 0 Å². The van der Waals surface area contributed by atoms with Crippen LogP contribution in [0.25, 0.3) is 11.8 Å². The number of hydrogen-bond acceptors (Lipinski definition) is 5. The van der Waals surface area contributed by atoms with E-state index in [4.69, 9.17) is 26.1 Å². The molecule has 3 aromatic carbocycles. The molecular formula is C27H21ClN2O3S. The fourth-order valence-corrected chi connectivity index (χ4v) is 5.08. The van der Waals surface area contributed by atoms with Gasteiger partial charge in [0.25, 0.3) is 5.56 Å². The first-order valence-corrected chi connectivity index (χ1v) is 11.8. The van der Waals surface area contributed by atoms with E-state index in [0.29, 0.717) is 25.9 Å². The largest absolute Gasteiger partial charge is 0.497 e. The molecule has 1 aliphatic rings. The Bertz CT molecular complexity index is 1550. The van der Waals surface area contributed by atoms with Crippen molar-refractivity contribution in [3.05, 3.63) is 120 Å². The normalized spacial score (nSPS) is 15.3. The molecule has 0 bridgehead atoms. The molecule has 5 nitrogen and oxygen atoms in total. The summed E-state index contributed by atoms with van der Waals surface area (Å²) in [6.45, 7) is 0. The second-order valence-electron chi connectivity index (χ2n) is 7.70. The third-order valence-corrected chi connectivity index (χ3v) is 6.89. The lowest BCUT2D eigenvalue weighted by Gasteiger charge is -2.19. The highest BCUT2D eigenvalue weighted by atomic mass is 35.5. The average molecular weight is 489 g/mol. The van der Waals surface area contributed by atoms with Crippen LogP contribution in [0.2, 0.25) is 5.02 Å². The summed E-state index contributed by atoms with van der Waals surface area (Å²) in [5.74, 6) is 1.34. The minimum absolute atomic E-state index is 0.114. The van der Waals surface area contributed by atoms with Gasteiger partial charge in [-0.2, -0.15) is 0 Å². The van der Waals surface area contributed by atoms with Gasteiger partial charge in [0, 0.05) is 10.6 Å². The lowest BCUT2D eigenvalue weighted by atomic mass is 10.0. The number of fused-ring (bicyclic) bond motifs is 1. The van der Waals surface area contributed by atoms with E-state index in [1.165, 1.54) is 11.3 Å². The Morgan fingerprint density at radius 3 is 2.47 bits per heavy atom. The van der Waals surface area contributed by atoms with Crippen molar-refractivity contribution in [1.29, 1.82) is 0 Å². The smallest absolute Gasteiger partial charge is 0.271 e. The number of aromatic nitrogens is 1. The molecule has 0 N–H and O–H groups in total. The summed E-state index contributed by atoms with van der Waals surface area (Å²) in [7, 11) is 3.21. The molecule has 4 aromatic rings. The summed E-state index contributed by atoms with van der Waals surface area (Å²) in [5.41, 5.74) is 3.43. The van der Waals surface area contributed by atoms with Crippen molar-refractivity contribution in [2.24, 2.45) is 4.99 Å². The highest BCUT2D eigenvalue weighted by molar-refractivity contribution is 7.07. The number of thiazole rings is 1. The van der Waals surface area contributed by atoms with Crippen molar-refractivity contribution < 1.29 is 9.47 Å². The minimum Gasteiger partial charge on any atom is -0.497 e. The van der Waals surface area contributed by atoms with Gasteiger partial charge in [-0.25, -0.2) is 4.99 Å². The Balaban J connectivity index is 1.73. The van der Waals surface area contributed by atoms with Crippen molar-refractivity contribution in [2.75, 3.05) is 14.2 Å². The Labute approximate surface area is 205 Å². The number of hydrogen-bond donors (Lipinski definition) is 0.